The summed E-state index contributed by atoms with van der Waals surface area (Å²) in [6.45, 7) is 3.59. The molecule has 0 N–H and O–H groups in total. The summed E-state index contributed by atoms with van der Waals surface area (Å²) in [4.78, 5) is 24.8. The molecule has 0 spiro atoms. The van der Waals surface area contributed by atoms with Gasteiger partial charge in [0, 0.05) is 59.0 Å². The third kappa shape index (κ3) is 3.09. The van der Waals surface area contributed by atoms with E-state index in [4.69, 9.17) is 0 Å². The number of piperidine rings is 2. The van der Waals surface area contributed by atoms with Crippen LogP contribution in [0.5, 0.6) is 0 Å². The van der Waals surface area contributed by atoms with Crippen molar-refractivity contribution in [2.45, 2.75) is 25.7 Å². The van der Waals surface area contributed by atoms with Gasteiger partial charge in [0.15, 0.2) is 0 Å². The SMILES string of the molecule is CN(C)C(=O)C1CCN(N2CCC(=O)CC2)CC1. The van der Waals surface area contributed by atoms with Gasteiger partial charge in [-0.15, -0.1) is 0 Å². The number of carbonyl (C=O) groups is 2. The van der Waals surface area contributed by atoms with Gasteiger partial charge >= 0.3 is 0 Å². The molecule has 5 nitrogen and oxygen atoms in total. The van der Waals surface area contributed by atoms with E-state index in [-0.39, 0.29) is 11.8 Å². The fraction of sp³-hybridized carbons (Fsp3) is 0.846. The third-order valence-electron chi connectivity index (χ3n) is 3.96. The molecule has 102 valence electrons. The van der Waals surface area contributed by atoms with Crippen LogP contribution in [0.1, 0.15) is 25.7 Å². The van der Waals surface area contributed by atoms with Crippen LogP contribution in [0.15, 0.2) is 0 Å². The first-order valence-corrected chi connectivity index (χ1v) is 6.80. The molecule has 18 heavy (non-hydrogen) atoms. The van der Waals surface area contributed by atoms with Crippen LogP contribution in [-0.2, 0) is 9.59 Å². The van der Waals surface area contributed by atoms with Crippen molar-refractivity contribution in [2.24, 2.45) is 5.92 Å². The first-order valence-electron chi connectivity index (χ1n) is 6.80. The third-order valence-corrected chi connectivity index (χ3v) is 3.96. The molecule has 1 amide bonds. The van der Waals surface area contributed by atoms with E-state index in [0.717, 1.165) is 39.0 Å². The second-order valence-corrected chi connectivity index (χ2v) is 5.45. The molecule has 2 aliphatic heterocycles. The Morgan fingerprint density at radius 1 is 1.06 bits per heavy atom. The standard InChI is InChI=1S/C13H23N3O2/c1-14(2)13(18)11-3-7-15(8-4-11)16-9-5-12(17)6-10-16/h11H,3-10H2,1-2H3. The molecule has 2 heterocycles. The Bertz CT molecular complexity index is 312. The molecule has 2 rings (SSSR count). The summed E-state index contributed by atoms with van der Waals surface area (Å²) in [5.74, 6) is 0.815. The second-order valence-electron chi connectivity index (χ2n) is 5.45. The fourth-order valence-electron chi connectivity index (χ4n) is 2.79. The molecule has 0 aliphatic carbocycles. The lowest BCUT2D eigenvalue weighted by Crippen LogP contribution is -2.51. The first-order chi connectivity index (χ1) is 8.58. The highest BCUT2D eigenvalue weighted by atomic mass is 16.2. The van der Waals surface area contributed by atoms with Crippen molar-refractivity contribution in [2.75, 3.05) is 40.3 Å². The van der Waals surface area contributed by atoms with Crippen LogP contribution >= 0.6 is 0 Å². The molecule has 0 bridgehead atoms. The topological polar surface area (TPSA) is 43.9 Å². The molecule has 2 aliphatic rings. The predicted octanol–water partition coefficient (Wildman–Crippen LogP) is 0.366. The van der Waals surface area contributed by atoms with Crippen LogP contribution < -0.4 is 0 Å². The number of amides is 1. The number of Topliss-reactive ketones (excluding diaryl/α,β-unsaturated/α-hetero) is 1. The molecule has 0 aromatic carbocycles. The molecule has 0 atom stereocenters. The van der Waals surface area contributed by atoms with Gasteiger partial charge in [0.1, 0.15) is 5.78 Å². The molecule has 0 aromatic rings. The van der Waals surface area contributed by atoms with Crippen molar-refractivity contribution in [3.63, 3.8) is 0 Å². The van der Waals surface area contributed by atoms with E-state index >= 15 is 0 Å². The quantitative estimate of drug-likeness (QED) is 0.713. The minimum absolute atomic E-state index is 0.183. The zero-order chi connectivity index (χ0) is 13.1. The Morgan fingerprint density at radius 2 is 1.56 bits per heavy atom. The lowest BCUT2D eigenvalue weighted by molar-refractivity contribution is -0.138. The van der Waals surface area contributed by atoms with Crippen molar-refractivity contribution >= 4 is 11.7 Å². The summed E-state index contributed by atoms with van der Waals surface area (Å²) < 4.78 is 0. The number of hydrogen-bond donors (Lipinski definition) is 0. The van der Waals surface area contributed by atoms with Crippen molar-refractivity contribution in [3.8, 4) is 0 Å². The highest BCUT2D eigenvalue weighted by Crippen LogP contribution is 2.21. The predicted molar refractivity (Wildman–Crippen MR) is 68.8 cm³/mol. The summed E-state index contributed by atoms with van der Waals surface area (Å²) in [7, 11) is 3.65. The molecule has 2 saturated heterocycles. The van der Waals surface area contributed by atoms with Crippen LogP contribution in [0.25, 0.3) is 0 Å². The van der Waals surface area contributed by atoms with Gasteiger partial charge in [-0.1, -0.05) is 0 Å². The molecule has 0 unspecified atom stereocenters. The van der Waals surface area contributed by atoms with Crippen LogP contribution in [0.4, 0.5) is 0 Å². The summed E-state index contributed by atoms with van der Waals surface area (Å²) >= 11 is 0. The van der Waals surface area contributed by atoms with Crippen molar-refractivity contribution in [1.82, 2.24) is 14.9 Å². The molecule has 0 saturated carbocycles. The molecule has 5 heteroatoms. The van der Waals surface area contributed by atoms with Crippen LogP contribution in [0.3, 0.4) is 0 Å². The van der Waals surface area contributed by atoms with Gasteiger partial charge in [0.25, 0.3) is 0 Å². The minimum Gasteiger partial charge on any atom is -0.349 e. The maximum atomic E-state index is 11.9. The summed E-state index contributed by atoms with van der Waals surface area (Å²) in [6, 6.07) is 0. The number of nitrogens with zero attached hydrogens (tertiary/aromatic N) is 3. The van der Waals surface area contributed by atoms with Crippen molar-refractivity contribution in [1.29, 1.82) is 0 Å². The number of hydrogen-bond acceptors (Lipinski definition) is 4. The van der Waals surface area contributed by atoms with Crippen LogP contribution in [0, 0.1) is 5.92 Å². The summed E-state index contributed by atoms with van der Waals surface area (Å²) in [6.07, 6.45) is 3.22. The van der Waals surface area contributed by atoms with Gasteiger partial charge < -0.3 is 4.90 Å². The van der Waals surface area contributed by atoms with Gasteiger partial charge in [0.05, 0.1) is 0 Å². The van der Waals surface area contributed by atoms with Gasteiger partial charge in [-0.2, -0.15) is 0 Å². The van der Waals surface area contributed by atoms with E-state index < -0.39 is 0 Å². The highest BCUT2D eigenvalue weighted by Gasteiger charge is 2.29. The molecule has 2 fully saturated rings. The number of carbonyl (C=O) groups excluding carboxylic acids is 2. The average molecular weight is 253 g/mol. The lowest BCUT2D eigenvalue weighted by atomic mass is 9.96. The van der Waals surface area contributed by atoms with Crippen molar-refractivity contribution < 1.29 is 9.59 Å². The van der Waals surface area contributed by atoms with Gasteiger partial charge in [0.2, 0.25) is 5.91 Å². The largest absolute Gasteiger partial charge is 0.349 e. The monoisotopic (exact) mass is 253 g/mol. The summed E-state index contributed by atoms with van der Waals surface area (Å²) in [5, 5.41) is 4.61. The molecule has 0 aromatic heterocycles. The fourth-order valence-corrected chi connectivity index (χ4v) is 2.79. The Balaban J connectivity index is 1.80. The zero-order valence-corrected chi connectivity index (χ0v) is 11.4. The Kier molecular flexibility index (Phi) is 4.35. The summed E-state index contributed by atoms with van der Waals surface area (Å²) in [5.41, 5.74) is 0. The maximum absolute atomic E-state index is 11.9. The maximum Gasteiger partial charge on any atom is 0.225 e. The number of hydrazine groups is 1. The van der Waals surface area contributed by atoms with Gasteiger partial charge in [-0.05, 0) is 12.8 Å². The molecule has 0 radical (unpaired) electrons. The van der Waals surface area contributed by atoms with Crippen molar-refractivity contribution in [3.05, 3.63) is 0 Å². The molecular formula is C13H23N3O2. The smallest absolute Gasteiger partial charge is 0.225 e. The Labute approximate surface area is 109 Å². The van der Waals surface area contributed by atoms with E-state index in [0.29, 0.717) is 18.6 Å². The van der Waals surface area contributed by atoms with Gasteiger partial charge in [-0.3, -0.25) is 9.59 Å². The Hall–Kier alpha value is -0.940. The minimum atomic E-state index is 0.183. The van der Waals surface area contributed by atoms with Gasteiger partial charge in [-0.25, -0.2) is 10.0 Å². The Morgan fingerprint density at radius 3 is 2.06 bits per heavy atom. The lowest BCUT2D eigenvalue weighted by Gasteiger charge is -2.41. The van der Waals surface area contributed by atoms with E-state index in [2.05, 4.69) is 10.0 Å². The normalized spacial score (nSPS) is 24.2. The van der Waals surface area contributed by atoms with Crippen LogP contribution in [-0.4, -0.2) is 66.9 Å². The first kappa shape index (κ1) is 13.5. The number of ketones is 1. The number of rotatable bonds is 2. The molecular weight excluding hydrogens is 230 g/mol. The second kappa shape index (κ2) is 5.80. The zero-order valence-electron chi connectivity index (χ0n) is 11.4. The average Bonchev–Trinajstić information content (AvgIpc) is 2.39. The van der Waals surface area contributed by atoms with E-state index in [9.17, 15) is 9.59 Å². The van der Waals surface area contributed by atoms with E-state index in [1.54, 1.807) is 4.90 Å². The van der Waals surface area contributed by atoms with E-state index in [1.165, 1.54) is 0 Å². The highest BCUT2D eigenvalue weighted by molar-refractivity contribution is 5.79. The van der Waals surface area contributed by atoms with E-state index in [1.807, 2.05) is 14.1 Å². The van der Waals surface area contributed by atoms with Crippen LogP contribution in [0.2, 0.25) is 0 Å².